The van der Waals surface area contributed by atoms with E-state index in [1.54, 1.807) is 6.07 Å². The Balaban J connectivity index is 1.98. The van der Waals surface area contributed by atoms with Crippen LogP contribution in [0.25, 0.3) is 16.9 Å². The Kier molecular flexibility index (Phi) is 5.30. The lowest BCUT2D eigenvalue weighted by Crippen LogP contribution is -2.35. The van der Waals surface area contributed by atoms with Crippen molar-refractivity contribution in [3.63, 3.8) is 0 Å². The van der Waals surface area contributed by atoms with Crippen molar-refractivity contribution in [1.29, 1.82) is 0 Å². The summed E-state index contributed by atoms with van der Waals surface area (Å²) in [5.41, 5.74) is 5.30. The molecule has 1 fully saturated rings. The molecule has 0 spiro atoms. The summed E-state index contributed by atoms with van der Waals surface area (Å²) in [6.07, 6.45) is -0.809. The number of piperidine rings is 1. The van der Waals surface area contributed by atoms with Crippen LogP contribution in [0.15, 0.2) is 47.4 Å². The van der Waals surface area contributed by atoms with Crippen LogP contribution in [0, 0.1) is 0 Å². The van der Waals surface area contributed by atoms with E-state index in [9.17, 15) is 23.1 Å². The largest absolute Gasteiger partial charge is 0.508 e. The Morgan fingerprint density at radius 1 is 1.06 bits per heavy atom. The maximum Gasteiger partial charge on any atom is 0.433 e. The van der Waals surface area contributed by atoms with Crippen LogP contribution in [0.2, 0.25) is 0 Å². The molecule has 162 valence electrons. The van der Waals surface area contributed by atoms with Crippen LogP contribution >= 0.6 is 0 Å². The third-order valence-electron chi connectivity index (χ3n) is 5.17. The molecule has 3 heterocycles. The first-order valence-corrected chi connectivity index (χ1v) is 9.76. The third-order valence-corrected chi connectivity index (χ3v) is 5.17. The first-order chi connectivity index (χ1) is 14.8. The second kappa shape index (κ2) is 7.93. The first-order valence-electron chi connectivity index (χ1n) is 9.76. The van der Waals surface area contributed by atoms with Crippen molar-refractivity contribution in [3.8, 4) is 22.7 Å². The average Bonchev–Trinajstić information content (AvgIpc) is 2.75. The molecule has 0 amide bonds. The summed E-state index contributed by atoms with van der Waals surface area (Å²) in [6, 6.07) is 8.13. The summed E-state index contributed by atoms with van der Waals surface area (Å²) in [5.74, 6) is -0.0882. The van der Waals surface area contributed by atoms with E-state index >= 15 is 0 Å². The number of aromatic nitrogens is 3. The van der Waals surface area contributed by atoms with Crippen molar-refractivity contribution >= 4 is 11.4 Å². The Bertz CT molecular complexity index is 1170. The molecule has 4 rings (SSSR count). The van der Waals surface area contributed by atoms with Crippen LogP contribution in [-0.4, -0.2) is 33.0 Å². The second-order valence-electron chi connectivity index (χ2n) is 7.32. The lowest BCUT2D eigenvalue weighted by molar-refractivity contribution is -0.141. The highest BCUT2D eigenvalue weighted by atomic mass is 19.4. The topological polar surface area (TPSA) is 97.3 Å². The maximum atomic E-state index is 13.3. The zero-order valence-corrected chi connectivity index (χ0v) is 16.4. The molecule has 0 saturated carbocycles. The number of phenolic OH excluding ortho intramolecular Hbond substituents is 1. The normalized spacial score (nSPS) is 14.6. The highest BCUT2D eigenvalue weighted by Crippen LogP contribution is 2.36. The SMILES string of the molecule is Nc1c(N2CCCCC2)c(-c2ccnc(C(F)(F)F)c2)nn(-c2cccc(O)c2)c1=O. The van der Waals surface area contributed by atoms with E-state index in [0.29, 0.717) is 18.8 Å². The molecule has 3 aromatic rings. The third kappa shape index (κ3) is 4.05. The zero-order valence-electron chi connectivity index (χ0n) is 16.4. The summed E-state index contributed by atoms with van der Waals surface area (Å²) in [7, 11) is 0. The van der Waals surface area contributed by atoms with E-state index in [1.165, 1.54) is 24.3 Å². The van der Waals surface area contributed by atoms with Gasteiger partial charge in [0.25, 0.3) is 5.56 Å². The van der Waals surface area contributed by atoms with Gasteiger partial charge in [0.05, 0.1) is 11.4 Å². The highest BCUT2D eigenvalue weighted by molar-refractivity contribution is 5.84. The molecular formula is C21H20F3N5O2. The average molecular weight is 431 g/mol. The number of halogens is 3. The summed E-state index contributed by atoms with van der Waals surface area (Å²) in [5, 5.41) is 14.2. The monoisotopic (exact) mass is 431 g/mol. The number of hydrogen-bond donors (Lipinski definition) is 2. The molecule has 1 saturated heterocycles. The van der Waals surface area contributed by atoms with Crippen LogP contribution in [0.3, 0.4) is 0 Å². The summed E-state index contributed by atoms with van der Waals surface area (Å²) in [4.78, 5) is 18.3. The van der Waals surface area contributed by atoms with Gasteiger partial charge in [-0.15, -0.1) is 0 Å². The molecule has 1 aliphatic rings. The molecule has 1 aromatic carbocycles. The van der Waals surface area contributed by atoms with Crippen molar-refractivity contribution in [2.24, 2.45) is 0 Å². The number of rotatable bonds is 3. The van der Waals surface area contributed by atoms with Gasteiger partial charge in [0.15, 0.2) is 0 Å². The smallest absolute Gasteiger partial charge is 0.433 e. The fourth-order valence-corrected chi connectivity index (χ4v) is 3.70. The van der Waals surface area contributed by atoms with Crippen molar-refractivity contribution in [1.82, 2.24) is 14.8 Å². The van der Waals surface area contributed by atoms with Crippen LogP contribution < -0.4 is 16.2 Å². The number of anilines is 2. The second-order valence-corrected chi connectivity index (χ2v) is 7.32. The van der Waals surface area contributed by atoms with Gasteiger partial charge in [-0.3, -0.25) is 9.78 Å². The van der Waals surface area contributed by atoms with Crippen LogP contribution in [0.4, 0.5) is 24.5 Å². The number of nitrogens with zero attached hydrogens (tertiary/aromatic N) is 4. The quantitative estimate of drug-likeness (QED) is 0.658. The summed E-state index contributed by atoms with van der Waals surface area (Å²) < 4.78 is 40.8. The molecule has 2 aromatic heterocycles. The first kappa shape index (κ1) is 20.7. The fraction of sp³-hybridized carbons (Fsp3) is 0.286. The van der Waals surface area contributed by atoms with E-state index < -0.39 is 17.4 Å². The van der Waals surface area contributed by atoms with Gasteiger partial charge in [-0.05, 0) is 43.5 Å². The van der Waals surface area contributed by atoms with E-state index in [-0.39, 0.29) is 28.4 Å². The molecule has 0 unspecified atom stereocenters. The predicted molar refractivity (Wildman–Crippen MR) is 110 cm³/mol. The van der Waals surface area contributed by atoms with Gasteiger partial charge in [0.2, 0.25) is 0 Å². The number of alkyl halides is 3. The molecule has 0 aliphatic carbocycles. The highest BCUT2D eigenvalue weighted by Gasteiger charge is 2.33. The van der Waals surface area contributed by atoms with Crippen molar-refractivity contribution in [3.05, 3.63) is 58.6 Å². The van der Waals surface area contributed by atoms with E-state index in [1.807, 2.05) is 4.90 Å². The number of pyridine rings is 1. The zero-order chi connectivity index (χ0) is 22.2. The molecule has 10 heteroatoms. The fourth-order valence-electron chi connectivity index (χ4n) is 3.70. The molecule has 0 bridgehead atoms. The Hall–Kier alpha value is -3.56. The number of phenols is 1. The lowest BCUT2D eigenvalue weighted by Gasteiger charge is -2.31. The number of nitrogens with two attached hydrogens (primary N) is 1. The number of benzene rings is 1. The number of aromatic hydroxyl groups is 1. The van der Waals surface area contributed by atoms with Gasteiger partial charge >= 0.3 is 6.18 Å². The van der Waals surface area contributed by atoms with Gasteiger partial charge in [-0.1, -0.05) is 6.07 Å². The van der Waals surface area contributed by atoms with Crippen molar-refractivity contribution < 1.29 is 18.3 Å². The lowest BCUT2D eigenvalue weighted by atomic mass is 10.1. The van der Waals surface area contributed by atoms with Crippen LogP contribution in [0.1, 0.15) is 25.0 Å². The van der Waals surface area contributed by atoms with Crippen molar-refractivity contribution in [2.45, 2.75) is 25.4 Å². The molecule has 0 atom stereocenters. The summed E-state index contributed by atoms with van der Waals surface area (Å²) in [6.45, 7) is 1.23. The minimum absolute atomic E-state index is 0.0882. The molecule has 3 N–H and O–H groups in total. The Labute approximate surface area is 175 Å². The standard InChI is InChI=1S/C21H20F3N5O2/c22-21(23,24)16-11-13(7-8-26-16)18-19(28-9-2-1-3-10-28)17(25)20(31)29(27-18)14-5-4-6-15(30)12-14/h4-8,11-12,30H,1-3,9-10,25H2. The van der Waals surface area contributed by atoms with Crippen LogP contribution in [-0.2, 0) is 6.18 Å². The molecule has 1 aliphatic heterocycles. The van der Waals surface area contributed by atoms with Gasteiger partial charge in [-0.2, -0.15) is 23.0 Å². The Morgan fingerprint density at radius 3 is 2.48 bits per heavy atom. The predicted octanol–water partition coefficient (Wildman–Crippen LogP) is 3.59. The van der Waals surface area contributed by atoms with Crippen LogP contribution in [0.5, 0.6) is 5.75 Å². The summed E-state index contributed by atoms with van der Waals surface area (Å²) >= 11 is 0. The molecule has 31 heavy (non-hydrogen) atoms. The maximum absolute atomic E-state index is 13.3. The van der Waals surface area contributed by atoms with Gasteiger partial charge in [0.1, 0.15) is 22.8 Å². The van der Waals surface area contributed by atoms with E-state index in [2.05, 4.69) is 10.1 Å². The number of nitrogen functional groups attached to an aromatic ring is 1. The minimum atomic E-state index is -4.63. The Morgan fingerprint density at radius 2 is 1.81 bits per heavy atom. The number of hydrogen-bond acceptors (Lipinski definition) is 6. The molecule has 0 radical (unpaired) electrons. The van der Waals surface area contributed by atoms with Crippen molar-refractivity contribution in [2.75, 3.05) is 23.7 Å². The minimum Gasteiger partial charge on any atom is -0.508 e. The van der Waals surface area contributed by atoms with Gasteiger partial charge in [0, 0.05) is 30.9 Å². The molecule has 7 nitrogen and oxygen atoms in total. The van der Waals surface area contributed by atoms with E-state index in [4.69, 9.17) is 5.73 Å². The van der Waals surface area contributed by atoms with E-state index in [0.717, 1.165) is 36.2 Å². The molecular weight excluding hydrogens is 411 g/mol. The van der Waals surface area contributed by atoms with Gasteiger partial charge < -0.3 is 15.7 Å². The van der Waals surface area contributed by atoms with Gasteiger partial charge in [-0.25, -0.2) is 0 Å².